The lowest BCUT2D eigenvalue weighted by molar-refractivity contribution is 0.0520. The zero-order valence-electron chi connectivity index (χ0n) is 13.5. The molecule has 0 unspecified atom stereocenters. The first-order chi connectivity index (χ1) is 11.2. The monoisotopic (exact) mass is 315 g/mol. The molecule has 0 amide bonds. The summed E-state index contributed by atoms with van der Waals surface area (Å²) in [6, 6.07) is 9.58. The zero-order valence-corrected chi connectivity index (χ0v) is 13.5. The summed E-state index contributed by atoms with van der Waals surface area (Å²) in [7, 11) is 2.08. The Morgan fingerprint density at radius 2 is 1.91 bits per heavy atom. The van der Waals surface area contributed by atoms with Crippen LogP contribution in [0, 0.1) is 0 Å². The number of anilines is 1. The highest BCUT2D eigenvalue weighted by atomic mass is 16.5. The molecule has 2 heterocycles. The van der Waals surface area contributed by atoms with E-state index < -0.39 is 5.97 Å². The second-order valence-corrected chi connectivity index (χ2v) is 5.55. The minimum Gasteiger partial charge on any atom is -0.461 e. The quantitative estimate of drug-likeness (QED) is 0.807. The van der Waals surface area contributed by atoms with Crippen LogP contribution in [0.5, 0.6) is 0 Å². The summed E-state index contributed by atoms with van der Waals surface area (Å²) in [6.07, 6.45) is 0. The maximum atomic E-state index is 12.2. The van der Waals surface area contributed by atoms with Crippen LogP contribution in [0.15, 0.2) is 34.7 Å². The van der Waals surface area contributed by atoms with Crippen molar-refractivity contribution in [3.8, 4) is 11.5 Å². The molecule has 0 bridgehead atoms. The molecule has 0 spiro atoms. The van der Waals surface area contributed by atoms with E-state index >= 15 is 0 Å². The van der Waals surface area contributed by atoms with E-state index in [9.17, 15) is 4.79 Å². The van der Waals surface area contributed by atoms with E-state index in [1.807, 2.05) is 30.3 Å². The number of hydrogen-bond donors (Lipinski definition) is 0. The number of hydrogen-bond acceptors (Lipinski definition) is 6. The second-order valence-electron chi connectivity index (χ2n) is 5.55. The van der Waals surface area contributed by atoms with Crippen molar-refractivity contribution in [3.05, 3.63) is 36.0 Å². The van der Waals surface area contributed by atoms with Crippen molar-refractivity contribution >= 4 is 11.9 Å². The number of piperazine rings is 1. The van der Waals surface area contributed by atoms with Gasteiger partial charge in [0, 0.05) is 31.7 Å². The van der Waals surface area contributed by atoms with Crippen molar-refractivity contribution in [1.82, 2.24) is 9.88 Å². The fourth-order valence-electron chi connectivity index (χ4n) is 2.57. The highest BCUT2D eigenvalue weighted by Gasteiger charge is 2.28. The van der Waals surface area contributed by atoms with Gasteiger partial charge in [-0.15, -0.1) is 0 Å². The normalized spacial score (nSPS) is 15.7. The first-order valence-corrected chi connectivity index (χ1v) is 7.86. The van der Waals surface area contributed by atoms with Crippen LogP contribution in [0.4, 0.5) is 5.88 Å². The van der Waals surface area contributed by atoms with Crippen molar-refractivity contribution < 1.29 is 13.9 Å². The van der Waals surface area contributed by atoms with Crippen LogP contribution in [0.2, 0.25) is 0 Å². The maximum absolute atomic E-state index is 12.2. The molecule has 1 aliphatic rings. The Morgan fingerprint density at radius 3 is 2.57 bits per heavy atom. The van der Waals surface area contributed by atoms with Gasteiger partial charge in [-0.05, 0) is 26.1 Å². The summed E-state index contributed by atoms with van der Waals surface area (Å²) in [4.78, 5) is 20.9. The van der Waals surface area contributed by atoms with Crippen molar-refractivity contribution in [2.45, 2.75) is 6.92 Å². The largest absolute Gasteiger partial charge is 0.461 e. The smallest absolute Gasteiger partial charge is 0.362 e. The average molecular weight is 315 g/mol. The van der Waals surface area contributed by atoms with Gasteiger partial charge in [0.2, 0.25) is 17.5 Å². The fraction of sp³-hybridized carbons (Fsp3) is 0.412. The molecule has 1 aromatic carbocycles. The standard InChI is InChI=1S/C17H21N3O3/c1-3-22-17(21)14-16(20-11-9-19(2)10-12-20)23-15(18-14)13-7-5-4-6-8-13/h4-8H,3,9-12H2,1-2H3. The topological polar surface area (TPSA) is 58.8 Å². The fourth-order valence-corrected chi connectivity index (χ4v) is 2.57. The van der Waals surface area contributed by atoms with E-state index in [1.54, 1.807) is 6.92 Å². The molecule has 6 heteroatoms. The van der Waals surface area contributed by atoms with Gasteiger partial charge in [-0.2, -0.15) is 4.98 Å². The molecule has 6 nitrogen and oxygen atoms in total. The molecule has 23 heavy (non-hydrogen) atoms. The molecule has 1 aliphatic heterocycles. The number of aromatic nitrogens is 1. The molecule has 1 saturated heterocycles. The van der Waals surface area contributed by atoms with Crippen LogP contribution < -0.4 is 4.90 Å². The van der Waals surface area contributed by atoms with E-state index in [4.69, 9.17) is 9.15 Å². The highest BCUT2D eigenvalue weighted by Crippen LogP contribution is 2.29. The number of likely N-dealkylation sites (N-methyl/N-ethyl adjacent to an activating group) is 1. The van der Waals surface area contributed by atoms with Gasteiger partial charge in [-0.3, -0.25) is 0 Å². The molecule has 0 aliphatic carbocycles. The van der Waals surface area contributed by atoms with E-state index in [1.165, 1.54) is 0 Å². The van der Waals surface area contributed by atoms with Gasteiger partial charge in [0.15, 0.2) is 0 Å². The van der Waals surface area contributed by atoms with E-state index in [0.717, 1.165) is 31.7 Å². The van der Waals surface area contributed by atoms with E-state index in [2.05, 4.69) is 21.8 Å². The number of carbonyl (C=O) groups is 1. The van der Waals surface area contributed by atoms with Crippen LogP contribution in [0.1, 0.15) is 17.4 Å². The number of rotatable bonds is 4. The van der Waals surface area contributed by atoms with Crippen LogP contribution in [-0.2, 0) is 4.74 Å². The van der Waals surface area contributed by atoms with Crippen LogP contribution >= 0.6 is 0 Å². The summed E-state index contributed by atoms with van der Waals surface area (Å²) in [5, 5.41) is 0. The van der Waals surface area contributed by atoms with Gasteiger partial charge in [-0.25, -0.2) is 4.79 Å². The average Bonchev–Trinajstić information content (AvgIpc) is 3.02. The third kappa shape index (κ3) is 3.37. The summed E-state index contributed by atoms with van der Waals surface area (Å²) in [5.41, 5.74) is 1.11. The van der Waals surface area contributed by atoms with Gasteiger partial charge >= 0.3 is 5.97 Å². The Balaban J connectivity index is 1.95. The summed E-state index contributed by atoms with van der Waals surface area (Å²) >= 11 is 0. The van der Waals surface area contributed by atoms with Gasteiger partial charge in [0.1, 0.15) is 0 Å². The van der Waals surface area contributed by atoms with E-state index in [-0.39, 0.29) is 5.69 Å². The van der Waals surface area contributed by atoms with Crippen molar-refractivity contribution in [1.29, 1.82) is 0 Å². The zero-order chi connectivity index (χ0) is 16.2. The first kappa shape index (κ1) is 15.6. The minimum absolute atomic E-state index is 0.259. The predicted octanol–water partition coefficient (Wildman–Crippen LogP) is 2.27. The van der Waals surface area contributed by atoms with Gasteiger partial charge < -0.3 is 19.0 Å². The third-order valence-corrected chi connectivity index (χ3v) is 3.89. The minimum atomic E-state index is -0.438. The number of oxazole rings is 1. The van der Waals surface area contributed by atoms with Crippen molar-refractivity contribution in [2.24, 2.45) is 0 Å². The van der Waals surface area contributed by atoms with Gasteiger partial charge in [0.25, 0.3) is 0 Å². The molecule has 3 rings (SSSR count). The summed E-state index contributed by atoms with van der Waals surface area (Å²) in [5.74, 6) is 0.519. The molecule has 2 aromatic rings. The summed E-state index contributed by atoms with van der Waals surface area (Å²) in [6.45, 7) is 5.53. The van der Waals surface area contributed by atoms with Crippen LogP contribution in [-0.4, -0.2) is 55.7 Å². The Bertz CT molecular complexity index is 661. The van der Waals surface area contributed by atoms with Crippen LogP contribution in [0.25, 0.3) is 11.5 Å². The van der Waals surface area contributed by atoms with Crippen molar-refractivity contribution in [3.63, 3.8) is 0 Å². The Kier molecular flexibility index (Phi) is 4.62. The third-order valence-electron chi connectivity index (χ3n) is 3.89. The van der Waals surface area contributed by atoms with Gasteiger partial charge in [0.05, 0.1) is 6.61 Å². The van der Waals surface area contributed by atoms with Crippen LogP contribution in [0.3, 0.4) is 0 Å². The Labute approximate surface area is 135 Å². The molecule has 122 valence electrons. The van der Waals surface area contributed by atoms with Gasteiger partial charge in [-0.1, -0.05) is 18.2 Å². The molecule has 1 fully saturated rings. The SMILES string of the molecule is CCOC(=O)c1nc(-c2ccccc2)oc1N1CCN(C)CC1. The number of benzene rings is 1. The predicted molar refractivity (Wildman–Crippen MR) is 87.6 cm³/mol. The highest BCUT2D eigenvalue weighted by molar-refractivity contribution is 5.93. The molecule has 0 N–H and O–H groups in total. The first-order valence-electron chi connectivity index (χ1n) is 7.86. The molecule has 0 radical (unpaired) electrons. The maximum Gasteiger partial charge on any atom is 0.362 e. The lowest BCUT2D eigenvalue weighted by Crippen LogP contribution is -2.44. The second kappa shape index (κ2) is 6.83. The lowest BCUT2D eigenvalue weighted by atomic mass is 10.2. The molecular weight excluding hydrogens is 294 g/mol. The summed E-state index contributed by atoms with van der Waals surface area (Å²) < 4.78 is 11.1. The molecule has 0 saturated carbocycles. The Hall–Kier alpha value is -2.34. The number of nitrogens with zero attached hydrogens (tertiary/aromatic N) is 3. The molecule has 0 atom stereocenters. The Morgan fingerprint density at radius 1 is 1.22 bits per heavy atom. The number of ether oxygens (including phenoxy) is 1. The number of carbonyl (C=O) groups excluding carboxylic acids is 1. The number of esters is 1. The lowest BCUT2D eigenvalue weighted by Gasteiger charge is -2.32. The molecular formula is C17H21N3O3. The van der Waals surface area contributed by atoms with Crippen molar-refractivity contribution in [2.75, 3.05) is 44.7 Å². The molecule has 1 aromatic heterocycles. The van der Waals surface area contributed by atoms with E-state index in [0.29, 0.717) is 18.4 Å².